The van der Waals surface area contributed by atoms with Crippen molar-refractivity contribution in [3.63, 3.8) is 0 Å². The molecule has 25 heavy (non-hydrogen) atoms. The van der Waals surface area contributed by atoms with Gasteiger partial charge < -0.3 is 0 Å². The van der Waals surface area contributed by atoms with Crippen LogP contribution in [0.3, 0.4) is 0 Å². The molecular weight excluding hydrogens is 334 g/mol. The van der Waals surface area contributed by atoms with E-state index in [-0.39, 0.29) is 0 Å². The first kappa shape index (κ1) is 17.4. The minimum Gasteiger partial charge on any atom is -0.241 e. The molecule has 3 aromatic rings. The van der Waals surface area contributed by atoms with Gasteiger partial charge in [-0.1, -0.05) is 30.3 Å². The average Bonchev–Trinajstić information content (AvgIpc) is 3.06. The number of rotatable bonds is 6. The number of sulfonamides is 1. The summed E-state index contributed by atoms with van der Waals surface area (Å²) in [4.78, 5) is 0.340. The third-order valence-electron chi connectivity index (χ3n) is 4.00. The predicted molar refractivity (Wildman–Crippen MR) is 98.4 cm³/mol. The molecule has 0 saturated heterocycles. The Balaban J connectivity index is 1.65. The van der Waals surface area contributed by atoms with Crippen LogP contribution in [0.1, 0.15) is 16.7 Å². The van der Waals surface area contributed by atoms with Gasteiger partial charge >= 0.3 is 0 Å². The number of benzene rings is 2. The van der Waals surface area contributed by atoms with E-state index < -0.39 is 10.0 Å². The summed E-state index contributed by atoms with van der Waals surface area (Å²) in [5.74, 6) is 0. The lowest BCUT2D eigenvalue weighted by Crippen LogP contribution is -2.26. The lowest BCUT2D eigenvalue weighted by Gasteiger charge is -2.09. The molecule has 0 saturated carbocycles. The van der Waals surface area contributed by atoms with Gasteiger partial charge in [-0.15, -0.1) is 0 Å². The second-order valence-corrected chi connectivity index (χ2v) is 7.78. The van der Waals surface area contributed by atoms with Crippen LogP contribution in [0.2, 0.25) is 0 Å². The molecule has 2 aromatic carbocycles. The highest BCUT2D eigenvalue weighted by Crippen LogP contribution is 2.16. The number of aromatic nitrogens is 2. The van der Waals surface area contributed by atoms with Gasteiger partial charge in [0.1, 0.15) is 0 Å². The smallest absolute Gasteiger partial charge is 0.240 e. The molecule has 5 nitrogen and oxygen atoms in total. The molecule has 1 N–H and O–H groups in total. The Bertz CT molecular complexity index is 963. The summed E-state index contributed by atoms with van der Waals surface area (Å²) < 4.78 is 29.4. The van der Waals surface area contributed by atoms with E-state index in [2.05, 4.69) is 9.82 Å². The Kier molecular flexibility index (Phi) is 5.01. The molecule has 0 fully saturated rings. The fourth-order valence-electron chi connectivity index (χ4n) is 2.62. The predicted octanol–water partition coefficient (Wildman–Crippen LogP) is 3.01. The van der Waals surface area contributed by atoms with Gasteiger partial charge in [-0.25, -0.2) is 17.8 Å². The molecule has 130 valence electrons. The molecule has 0 atom stereocenters. The van der Waals surface area contributed by atoms with Gasteiger partial charge in [0.05, 0.1) is 16.8 Å². The fraction of sp³-hybridized carbons (Fsp3) is 0.211. The quantitative estimate of drug-likeness (QED) is 0.739. The van der Waals surface area contributed by atoms with Crippen LogP contribution in [0, 0.1) is 13.8 Å². The zero-order valence-electron chi connectivity index (χ0n) is 14.3. The van der Waals surface area contributed by atoms with Crippen LogP contribution in [0.15, 0.2) is 65.8 Å². The zero-order valence-corrected chi connectivity index (χ0v) is 15.1. The summed E-state index contributed by atoms with van der Waals surface area (Å²) in [5, 5.41) is 4.32. The Hall–Kier alpha value is -2.44. The van der Waals surface area contributed by atoms with Crippen LogP contribution in [-0.4, -0.2) is 24.7 Å². The Morgan fingerprint density at radius 1 is 1.08 bits per heavy atom. The Labute approximate surface area is 148 Å². The molecule has 1 aromatic heterocycles. The lowest BCUT2D eigenvalue weighted by atomic mass is 10.2. The van der Waals surface area contributed by atoms with Crippen molar-refractivity contribution in [2.24, 2.45) is 0 Å². The molecule has 0 spiro atoms. The van der Waals surface area contributed by atoms with Gasteiger partial charge in [0, 0.05) is 12.7 Å². The SMILES string of the molecule is Cc1ccc(C)c(S(=O)(=O)NCCc2cnn(-c3ccccc3)c2)c1. The van der Waals surface area contributed by atoms with Crippen LogP contribution < -0.4 is 4.72 Å². The normalized spacial score (nSPS) is 11.6. The Morgan fingerprint density at radius 2 is 1.84 bits per heavy atom. The topological polar surface area (TPSA) is 64.0 Å². The average molecular weight is 355 g/mol. The maximum atomic E-state index is 12.5. The maximum absolute atomic E-state index is 12.5. The molecular formula is C19H21N3O2S. The summed E-state index contributed by atoms with van der Waals surface area (Å²) in [5.41, 5.74) is 3.63. The van der Waals surface area contributed by atoms with Crippen molar-refractivity contribution in [3.8, 4) is 5.69 Å². The fourth-order valence-corrected chi connectivity index (χ4v) is 3.97. The largest absolute Gasteiger partial charge is 0.241 e. The number of nitrogens with one attached hydrogen (secondary N) is 1. The molecule has 0 unspecified atom stereocenters. The number of hydrogen-bond donors (Lipinski definition) is 1. The van der Waals surface area contributed by atoms with Crippen LogP contribution in [-0.2, 0) is 16.4 Å². The maximum Gasteiger partial charge on any atom is 0.240 e. The highest BCUT2D eigenvalue weighted by atomic mass is 32.2. The van der Waals surface area contributed by atoms with Crippen LogP contribution in [0.4, 0.5) is 0 Å². The second-order valence-electron chi connectivity index (χ2n) is 6.05. The van der Waals surface area contributed by atoms with E-state index in [4.69, 9.17) is 0 Å². The van der Waals surface area contributed by atoms with Crippen LogP contribution >= 0.6 is 0 Å². The molecule has 0 amide bonds. The van der Waals surface area contributed by atoms with E-state index in [0.717, 1.165) is 22.4 Å². The second kappa shape index (κ2) is 7.21. The first-order valence-electron chi connectivity index (χ1n) is 8.11. The van der Waals surface area contributed by atoms with Crippen molar-refractivity contribution in [2.75, 3.05) is 6.54 Å². The minimum absolute atomic E-state index is 0.330. The lowest BCUT2D eigenvalue weighted by molar-refractivity contribution is 0.581. The highest BCUT2D eigenvalue weighted by molar-refractivity contribution is 7.89. The van der Waals surface area contributed by atoms with Gasteiger partial charge in [0.25, 0.3) is 0 Å². The molecule has 1 heterocycles. The summed E-state index contributed by atoms with van der Waals surface area (Å²) in [7, 11) is -3.51. The van der Waals surface area contributed by atoms with E-state index in [9.17, 15) is 8.42 Å². The molecule has 6 heteroatoms. The van der Waals surface area contributed by atoms with E-state index in [1.165, 1.54) is 0 Å². The first-order valence-corrected chi connectivity index (χ1v) is 9.60. The Morgan fingerprint density at radius 3 is 2.60 bits per heavy atom. The van der Waals surface area contributed by atoms with Gasteiger partial charge in [-0.2, -0.15) is 5.10 Å². The number of aryl methyl sites for hydroxylation is 2. The standard InChI is InChI=1S/C19H21N3O2S/c1-15-8-9-16(2)19(12-15)25(23,24)21-11-10-17-13-20-22(14-17)18-6-4-3-5-7-18/h3-9,12-14,21H,10-11H2,1-2H3. The van der Waals surface area contributed by atoms with Crippen molar-refractivity contribution in [1.82, 2.24) is 14.5 Å². The van der Waals surface area contributed by atoms with Crippen molar-refractivity contribution in [1.29, 1.82) is 0 Å². The number of hydrogen-bond acceptors (Lipinski definition) is 3. The highest BCUT2D eigenvalue weighted by Gasteiger charge is 2.16. The van der Waals surface area contributed by atoms with E-state index in [1.807, 2.05) is 55.6 Å². The van der Waals surface area contributed by atoms with Gasteiger partial charge in [0.15, 0.2) is 0 Å². The number of para-hydroxylation sites is 1. The van der Waals surface area contributed by atoms with E-state index in [1.54, 1.807) is 23.9 Å². The summed E-state index contributed by atoms with van der Waals surface area (Å²) >= 11 is 0. The van der Waals surface area contributed by atoms with Crippen LogP contribution in [0.25, 0.3) is 5.69 Å². The molecule has 0 aliphatic heterocycles. The molecule has 3 rings (SSSR count). The van der Waals surface area contributed by atoms with Crippen molar-refractivity contribution >= 4 is 10.0 Å². The molecule has 0 aliphatic carbocycles. The zero-order chi connectivity index (χ0) is 17.9. The van der Waals surface area contributed by atoms with E-state index in [0.29, 0.717) is 17.9 Å². The third-order valence-corrected chi connectivity index (χ3v) is 5.60. The van der Waals surface area contributed by atoms with Crippen molar-refractivity contribution < 1.29 is 8.42 Å². The molecule has 0 bridgehead atoms. The van der Waals surface area contributed by atoms with Crippen LogP contribution in [0.5, 0.6) is 0 Å². The van der Waals surface area contributed by atoms with Gasteiger partial charge in [-0.05, 0) is 55.2 Å². The minimum atomic E-state index is -3.51. The van der Waals surface area contributed by atoms with E-state index >= 15 is 0 Å². The van der Waals surface area contributed by atoms with Crippen molar-refractivity contribution in [2.45, 2.75) is 25.2 Å². The summed E-state index contributed by atoms with van der Waals surface area (Å²) in [6, 6.07) is 15.2. The number of nitrogens with zero attached hydrogens (tertiary/aromatic N) is 2. The van der Waals surface area contributed by atoms with Gasteiger partial charge in [0.2, 0.25) is 10.0 Å². The molecule has 0 radical (unpaired) electrons. The monoisotopic (exact) mass is 355 g/mol. The first-order chi connectivity index (χ1) is 12.0. The van der Waals surface area contributed by atoms with Gasteiger partial charge in [-0.3, -0.25) is 0 Å². The third kappa shape index (κ3) is 4.15. The van der Waals surface area contributed by atoms with Crippen molar-refractivity contribution in [3.05, 3.63) is 77.6 Å². The summed E-state index contributed by atoms with van der Waals surface area (Å²) in [6.07, 6.45) is 4.26. The molecule has 0 aliphatic rings. The summed E-state index contributed by atoms with van der Waals surface area (Å²) in [6.45, 7) is 4.02.